The summed E-state index contributed by atoms with van der Waals surface area (Å²) < 4.78 is 46.1. The smallest absolute Gasteiger partial charge is 0.246 e. The molecule has 3 rings (SSSR count). The predicted octanol–water partition coefficient (Wildman–Crippen LogP) is 0.323. The van der Waals surface area contributed by atoms with Crippen molar-refractivity contribution in [2.24, 2.45) is 5.92 Å². The fourth-order valence-electron chi connectivity index (χ4n) is 3.77. The highest BCUT2D eigenvalue weighted by atomic mass is 32.2. The fourth-order valence-corrected chi connectivity index (χ4v) is 5.42. The maximum atomic E-state index is 13.6. The number of nitrogens with zero attached hydrogens (tertiary/aromatic N) is 1. The quantitative estimate of drug-likeness (QED) is 0.796. The zero-order valence-corrected chi connectivity index (χ0v) is 15.0. The lowest BCUT2D eigenvalue weighted by molar-refractivity contribution is -0.121. The van der Waals surface area contributed by atoms with E-state index in [1.54, 1.807) is 0 Å². The molecule has 9 heteroatoms. The molecule has 2 aliphatic rings. The van der Waals surface area contributed by atoms with E-state index in [9.17, 15) is 17.6 Å². The second-order valence-corrected chi connectivity index (χ2v) is 8.48. The zero-order chi connectivity index (χ0) is 18.2. The van der Waals surface area contributed by atoms with Crippen molar-refractivity contribution in [2.75, 3.05) is 33.3 Å². The third-order valence-electron chi connectivity index (χ3n) is 5.01. The van der Waals surface area contributed by atoms with E-state index in [-0.39, 0.29) is 35.6 Å². The van der Waals surface area contributed by atoms with Crippen molar-refractivity contribution in [3.8, 4) is 5.75 Å². The van der Waals surface area contributed by atoms with Crippen LogP contribution in [0.3, 0.4) is 0 Å². The Morgan fingerprint density at radius 2 is 2.24 bits per heavy atom. The first kappa shape index (κ1) is 18.1. The average Bonchev–Trinajstić information content (AvgIpc) is 2.96. The van der Waals surface area contributed by atoms with E-state index in [0.717, 1.165) is 12.1 Å². The molecule has 2 N–H and O–H groups in total. The van der Waals surface area contributed by atoms with Gasteiger partial charge >= 0.3 is 0 Å². The maximum Gasteiger partial charge on any atom is 0.246 e. The van der Waals surface area contributed by atoms with Gasteiger partial charge in [0.05, 0.1) is 12.6 Å². The third-order valence-corrected chi connectivity index (χ3v) is 6.90. The Morgan fingerprint density at radius 1 is 1.48 bits per heavy atom. The number of ether oxygens (including phenoxy) is 1. The zero-order valence-electron chi connectivity index (χ0n) is 14.2. The van der Waals surface area contributed by atoms with Crippen LogP contribution in [-0.2, 0) is 14.8 Å². The molecule has 2 fully saturated rings. The number of fused-ring (bicyclic) bond motifs is 1. The van der Waals surface area contributed by atoms with Gasteiger partial charge in [0.2, 0.25) is 15.9 Å². The van der Waals surface area contributed by atoms with Crippen LogP contribution in [0.2, 0.25) is 0 Å². The molecular weight excluding hydrogens is 349 g/mol. The fraction of sp³-hybridized carbons (Fsp3) is 0.562. The van der Waals surface area contributed by atoms with Gasteiger partial charge < -0.3 is 15.4 Å². The molecule has 2 heterocycles. The number of hydrogen-bond donors (Lipinski definition) is 2. The van der Waals surface area contributed by atoms with Crippen LogP contribution in [0.15, 0.2) is 23.1 Å². The summed E-state index contributed by atoms with van der Waals surface area (Å²) in [7, 11) is -2.54. The average molecular weight is 371 g/mol. The van der Waals surface area contributed by atoms with Crippen LogP contribution in [0, 0.1) is 11.7 Å². The summed E-state index contributed by atoms with van der Waals surface area (Å²) in [5.74, 6) is -0.688. The standard InChI is InChI=1S/C16H22FN3O4S/c1-11(21)19-16-5-6-20(9-12(16)8-18-10-16)25(22,23)15-7-13(17)3-4-14(15)24-2/h3-4,7,12,18H,5-6,8-10H2,1-2H3,(H,19,21)/t12-,16+/m0/s1. The number of carbonyl (C=O) groups excluding carboxylic acids is 1. The molecule has 25 heavy (non-hydrogen) atoms. The van der Waals surface area contributed by atoms with Gasteiger partial charge in [-0.15, -0.1) is 0 Å². The first-order valence-electron chi connectivity index (χ1n) is 8.12. The van der Waals surface area contributed by atoms with E-state index in [1.165, 1.54) is 24.4 Å². The molecule has 0 unspecified atom stereocenters. The Bertz CT molecular complexity index is 786. The largest absolute Gasteiger partial charge is 0.495 e. The van der Waals surface area contributed by atoms with Crippen molar-refractivity contribution in [3.05, 3.63) is 24.0 Å². The highest BCUT2D eigenvalue weighted by Crippen LogP contribution is 2.35. The number of halogens is 1. The molecule has 0 spiro atoms. The van der Waals surface area contributed by atoms with Crippen LogP contribution in [0.25, 0.3) is 0 Å². The van der Waals surface area contributed by atoms with Gasteiger partial charge in [-0.25, -0.2) is 12.8 Å². The van der Waals surface area contributed by atoms with Crippen LogP contribution in [0.4, 0.5) is 4.39 Å². The number of amides is 1. The van der Waals surface area contributed by atoms with Gasteiger partial charge in [0, 0.05) is 39.0 Å². The van der Waals surface area contributed by atoms with E-state index in [2.05, 4.69) is 10.6 Å². The van der Waals surface area contributed by atoms with Crippen molar-refractivity contribution in [3.63, 3.8) is 0 Å². The number of hydrogen-bond acceptors (Lipinski definition) is 5. The van der Waals surface area contributed by atoms with Gasteiger partial charge in [-0.3, -0.25) is 4.79 Å². The molecule has 1 aromatic rings. The van der Waals surface area contributed by atoms with Gasteiger partial charge in [0.1, 0.15) is 16.5 Å². The van der Waals surface area contributed by atoms with Crippen molar-refractivity contribution in [2.45, 2.75) is 23.8 Å². The lowest BCUT2D eigenvalue weighted by Gasteiger charge is -2.43. The summed E-state index contributed by atoms with van der Waals surface area (Å²) in [6.07, 6.45) is 0.501. The summed E-state index contributed by atoms with van der Waals surface area (Å²) >= 11 is 0. The van der Waals surface area contributed by atoms with Crippen molar-refractivity contribution >= 4 is 15.9 Å². The van der Waals surface area contributed by atoms with Gasteiger partial charge in [-0.2, -0.15) is 4.31 Å². The van der Waals surface area contributed by atoms with E-state index in [1.807, 2.05) is 0 Å². The number of sulfonamides is 1. The molecule has 7 nitrogen and oxygen atoms in total. The summed E-state index contributed by atoms with van der Waals surface area (Å²) in [6.45, 7) is 3.21. The van der Waals surface area contributed by atoms with Gasteiger partial charge in [-0.05, 0) is 24.6 Å². The minimum absolute atomic E-state index is 0.0421. The Labute approximate surface area is 146 Å². The first-order valence-corrected chi connectivity index (χ1v) is 9.56. The maximum absolute atomic E-state index is 13.6. The summed E-state index contributed by atoms with van der Waals surface area (Å²) in [5, 5.41) is 6.23. The van der Waals surface area contributed by atoms with Crippen molar-refractivity contribution in [1.82, 2.24) is 14.9 Å². The number of benzene rings is 1. The second-order valence-electron chi connectivity index (χ2n) is 6.57. The van der Waals surface area contributed by atoms with E-state index in [4.69, 9.17) is 4.74 Å². The first-order chi connectivity index (χ1) is 11.8. The molecule has 0 bridgehead atoms. The summed E-state index contributed by atoms with van der Waals surface area (Å²) in [5.41, 5.74) is -0.427. The minimum Gasteiger partial charge on any atom is -0.495 e. The van der Waals surface area contributed by atoms with Gasteiger partial charge in [-0.1, -0.05) is 0 Å². The third kappa shape index (κ3) is 3.23. The highest BCUT2D eigenvalue weighted by molar-refractivity contribution is 7.89. The van der Waals surface area contributed by atoms with Crippen LogP contribution in [-0.4, -0.2) is 57.5 Å². The van der Waals surface area contributed by atoms with Crippen LogP contribution < -0.4 is 15.4 Å². The van der Waals surface area contributed by atoms with Gasteiger partial charge in [0.25, 0.3) is 0 Å². The number of methoxy groups -OCH3 is 1. The van der Waals surface area contributed by atoms with E-state index < -0.39 is 21.4 Å². The van der Waals surface area contributed by atoms with Crippen molar-refractivity contribution < 1.29 is 22.3 Å². The molecule has 2 atom stereocenters. The van der Waals surface area contributed by atoms with Crippen LogP contribution >= 0.6 is 0 Å². The Kier molecular flexibility index (Phi) is 4.74. The second kappa shape index (κ2) is 6.54. The molecule has 2 aliphatic heterocycles. The lowest BCUT2D eigenvalue weighted by Crippen LogP contribution is -2.61. The summed E-state index contributed by atoms with van der Waals surface area (Å²) in [4.78, 5) is 11.4. The number of nitrogens with one attached hydrogen (secondary N) is 2. The molecule has 0 saturated carbocycles. The number of carbonyl (C=O) groups is 1. The Balaban J connectivity index is 1.89. The molecule has 1 aromatic carbocycles. The van der Waals surface area contributed by atoms with Crippen LogP contribution in [0.1, 0.15) is 13.3 Å². The molecule has 0 radical (unpaired) electrons. The Morgan fingerprint density at radius 3 is 2.92 bits per heavy atom. The minimum atomic E-state index is -3.89. The van der Waals surface area contributed by atoms with E-state index in [0.29, 0.717) is 19.5 Å². The van der Waals surface area contributed by atoms with Gasteiger partial charge in [0.15, 0.2) is 0 Å². The van der Waals surface area contributed by atoms with Crippen LogP contribution in [0.5, 0.6) is 5.75 Å². The topological polar surface area (TPSA) is 87.7 Å². The van der Waals surface area contributed by atoms with E-state index >= 15 is 0 Å². The Hall–Kier alpha value is -1.71. The normalized spacial score (nSPS) is 26.9. The highest BCUT2D eigenvalue weighted by Gasteiger charge is 2.49. The molecular formula is C16H22FN3O4S. The molecule has 0 aromatic heterocycles. The molecule has 1 amide bonds. The number of piperidine rings is 1. The SMILES string of the molecule is COc1ccc(F)cc1S(=O)(=O)N1CC[C@@]2(NC(C)=O)CNC[C@H]2C1. The monoisotopic (exact) mass is 371 g/mol. The molecule has 138 valence electrons. The van der Waals surface area contributed by atoms with Crippen molar-refractivity contribution in [1.29, 1.82) is 0 Å². The molecule has 0 aliphatic carbocycles. The lowest BCUT2D eigenvalue weighted by atomic mass is 9.81. The predicted molar refractivity (Wildman–Crippen MR) is 89.2 cm³/mol. The summed E-state index contributed by atoms with van der Waals surface area (Å²) in [6, 6.07) is 3.46. The molecule has 2 saturated heterocycles. The number of rotatable bonds is 4.